The van der Waals surface area contributed by atoms with E-state index in [1.54, 1.807) is 0 Å². The normalized spacial score (nSPS) is 19.2. The van der Waals surface area contributed by atoms with Crippen LogP contribution in [0.3, 0.4) is 0 Å². The van der Waals surface area contributed by atoms with E-state index in [2.05, 4.69) is 22.3 Å². The van der Waals surface area contributed by atoms with Crippen LogP contribution in [0.2, 0.25) is 0 Å². The number of amides is 2. The maximum atomic E-state index is 13.1. The fourth-order valence-corrected chi connectivity index (χ4v) is 4.33. The molecule has 30 heavy (non-hydrogen) atoms. The van der Waals surface area contributed by atoms with Crippen LogP contribution in [-0.4, -0.2) is 53.9 Å². The van der Waals surface area contributed by atoms with Crippen LogP contribution in [0.15, 0.2) is 48.5 Å². The molecule has 158 valence electrons. The predicted molar refractivity (Wildman–Crippen MR) is 115 cm³/mol. The summed E-state index contributed by atoms with van der Waals surface area (Å²) in [4.78, 5) is 29.7. The summed E-state index contributed by atoms with van der Waals surface area (Å²) in [5.74, 6) is 0.805. The number of ether oxygens (including phenoxy) is 1. The van der Waals surface area contributed by atoms with Gasteiger partial charge in [0.25, 0.3) is 0 Å². The van der Waals surface area contributed by atoms with Gasteiger partial charge in [0, 0.05) is 38.3 Å². The van der Waals surface area contributed by atoms with Gasteiger partial charge in [-0.3, -0.25) is 14.5 Å². The Morgan fingerprint density at radius 3 is 2.70 bits per heavy atom. The van der Waals surface area contributed by atoms with Crippen LogP contribution in [0.4, 0.5) is 0 Å². The molecule has 0 radical (unpaired) electrons. The second kappa shape index (κ2) is 9.30. The largest absolute Gasteiger partial charge is 0.494 e. The number of carbonyl (C=O) groups excluding carboxylic acids is 2. The van der Waals surface area contributed by atoms with E-state index in [4.69, 9.17) is 4.74 Å². The minimum absolute atomic E-state index is 0.0367. The molecule has 0 aromatic heterocycles. The Bertz CT molecular complexity index is 914. The molecular formula is C24H29N3O3. The van der Waals surface area contributed by atoms with Gasteiger partial charge in [0.05, 0.1) is 19.1 Å². The molecule has 1 N–H and O–H groups in total. The molecular weight excluding hydrogens is 378 g/mol. The van der Waals surface area contributed by atoms with E-state index in [0.717, 1.165) is 17.7 Å². The number of nitrogens with one attached hydrogen (secondary N) is 1. The monoisotopic (exact) mass is 407 g/mol. The molecule has 0 saturated carbocycles. The lowest BCUT2D eigenvalue weighted by Crippen LogP contribution is -2.56. The van der Waals surface area contributed by atoms with Crippen molar-refractivity contribution in [1.82, 2.24) is 15.1 Å². The number of rotatable bonds is 6. The van der Waals surface area contributed by atoms with Crippen molar-refractivity contribution in [2.24, 2.45) is 0 Å². The Morgan fingerprint density at radius 1 is 1.10 bits per heavy atom. The quantitative estimate of drug-likeness (QED) is 0.799. The highest BCUT2D eigenvalue weighted by atomic mass is 16.5. The van der Waals surface area contributed by atoms with Gasteiger partial charge in [0.15, 0.2) is 0 Å². The van der Waals surface area contributed by atoms with Gasteiger partial charge in [-0.25, -0.2) is 0 Å². The topological polar surface area (TPSA) is 61.9 Å². The zero-order valence-corrected chi connectivity index (χ0v) is 17.5. The second-order valence-corrected chi connectivity index (χ2v) is 7.86. The van der Waals surface area contributed by atoms with Crippen molar-refractivity contribution in [2.75, 3.05) is 26.2 Å². The average Bonchev–Trinajstić information content (AvgIpc) is 2.77. The number of carbonyl (C=O) groups is 2. The molecule has 6 nitrogen and oxygen atoms in total. The first kappa shape index (κ1) is 20.4. The molecule has 1 unspecified atom stereocenters. The first-order valence-corrected chi connectivity index (χ1v) is 10.7. The molecule has 1 saturated heterocycles. The van der Waals surface area contributed by atoms with Gasteiger partial charge in [0.2, 0.25) is 11.8 Å². The van der Waals surface area contributed by atoms with Gasteiger partial charge in [-0.1, -0.05) is 42.5 Å². The van der Waals surface area contributed by atoms with E-state index in [-0.39, 0.29) is 18.2 Å². The maximum absolute atomic E-state index is 13.1. The minimum Gasteiger partial charge on any atom is -0.494 e. The summed E-state index contributed by atoms with van der Waals surface area (Å²) in [6.45, 7) is 5.78. The zero-order chi connectivity index (χ0) is 20.9. The van der Waals surface area contributed by atoms with E-state index in [1.807, 2.05) is 48.2 Å². The Hall–Kier alpha value is -2.86. The van der Waals surface area contributed by atoms with Crippen molar-refractivity contribution < 1.29 is 14.3 Å². The standard InChI is InChI=1S/C24H29N3O3/c1-2-30-22-10-6-5-9-20(22)17-26-14-12-25-24(29)21(26)15-23(28)27-13-11-18-7-3-4-8-19(18)16-27/h3-10,21H,2,11-17H2,1H3,(H,25,29). The van der Waals surface area contributed by atoms with Crippen molar-refractivity contribution >= 4 is 11.8 Å². The van der Waals surface area contributed by atoms with Crippen molar-refractivity contribution in [3.63, 3.8) is 0 Å². The lowest BCUT2D eigenvalue weighted by atomic mass is 9.99. The smallest absolute Gasteiger partial charge is 0.237 e. The van der Waals surface area contributed by atoms with Crippen LogP contribution in [0, 0.1) is 0 Å². The molecule has 2 aromatic carbocycles. The summed E-state index contributed by atoms with van der Waals surface area (Å²) in [6, 6.07) is 15.7. The van der Waals surface area contributed by atoms with E-state index < -0.39 is 6.04 Å². The highest BCUT2D eigenvalue weighted by Gasteiger charge is 2.34. The molecule has 6 heteroatoms. The maximum Gasteiger partial charge on any atom is 0.237 e. The lowest BCUT2D eigenvalue weighted by molar-refractivity contribution is -0.139. The zero-order valence-electron chi connectivity index (χ0n) is 17.5. The molecule has 2 aliphatic rings. The summed E-state index contributed by atoms with van der Waals surface area (Å²) >= 11 is 0. The molecule has 2 heterocycles. The molecule has 4 rings (SSSR count). The molecule has 2 amide bonds. The predicted octanol–water partition coefficient (Wildman–Crippen LogP) is 2.36. The van der Waals surface area contributed by atoms with E-state index in [0.29, 0.717) is 39.3 Å². The summed E-state index contributed by atoms with van der Waals surface area (Å²) in [6.07, 6.45) is 1.06. The third-order valence-electron chi connectivity index (χ3n) is 5.94. The third kappa shape index (κ3) is 4.49. The molecule has 0 spiro atoms. The Balaban J connectivity index is 1.46. The Morgan fingerprint density at radius 2 is 1.87 bits per heavy atom. The number of para-hydroxylation sites is 1. The number of hydrogen-bond acceptors (Lipinski definition) is 4. The molecule has 0 aliphatic carbocycles. The van der Waals surface area contributed by atoms with E-state index in [9.17, 15) is 9.59 Å². The first-order chi connectivity index (χ1) is 14.7. The van der Waals surface area contributed by atoms with Gasteiger partial charge in [-0.2, -0.15) is 0 Å². The minimum atomic E-state index is -0.460. The number of benzene rings is 2. The average molecular weight is 408 g/mol. The Labute approximate surface area is 177 Å². The summed E-state index contributed by atoms with van der Waals surface area (Å²) < 4.78 is 5.75. The molecule has 1 fully saturated rings. The van der Waals surface area contributed by atoms with E-state index >= 15 is 0 Å². The Kier molecular flexibility index (Phi) is 6.33. The highest BCUT2D eigenvalue weighted by Crippen LogP contribution is 2.24. The van der Waals surface area contributed by atoms with Crippen molar-refractivity contribution in [3.8, 4) is 5.75 Å². The molecule has 2 aliphatic heterocycles. The van der Waals surface area contributed by atoms with E-state index in [1.165, 1.54) is 11.1 Å². The lowest BCUT2D eigenvalue weighted by Gasteiger charge is -2.37. The number of piperazine rings is 1. The summed E-state index contributed by atoms with van der Waals surface area (Å²) in [5, 5.41) is 2.93. The van der Waals surface area contributed by atoms with Crippen LogP contribution < -0.4 is 10.1 Å². The van der Waals surface area contributed by atoms with Crippen molar-refractivity contribution in [2.45, 2.75) is 38.9 Å². The van der Waals surface area contributed by atoms with Gasteiger partial charge < -0.3 is 15.0 Å². The van der Waals surface area contributed by atoms with Gasteiger partial charge in [0.1, 0.15) is 5.75 Å². The van der Waals surface area contributed by atoms with Crippen LogP contribution in [-0.2, 0) is 29.1 Å². The third-order valence-corrected chi connectivity index (χ3v) is 5.94. The van der Waals surface area contributed by atoms with Crippen LogP contribution >= 0.6 is 0 Å². The molecule has 1 atom stereocenters. The molecule has 2 aromatic rings. The van der Waals surface area contributed by atoms with Gasteiger partial charge in [-0.05, 0) is 30.5 Å². The SMILES string of the molecule is CCOc1ccccc1CN1CCNC(=O)C1CC(=O)N1CCc2ccccc2C1. The summed E-state index contributed by atoms with van der Waals surface area (Å²) in [7, 11) is 0. The highest BCUT2D eigenvalue weighted by molar-refractivity contribution is 5.89. The fraction of sp³-hybridized carbons (Fsp3) is 0.417. The van der Waals surface area contributed by atoms with Crippen molar-refractivity contribution in [3.05, 3.63) is 65.2 Å². The molecule has 0 bridgehead atoms. The van der Waals surface area contributed by atoms with Gasteiger partial charge >= 0.3 is 0 Å². The fourth-order valence-electron chi connectivity index (χ4n) is 4.33. The number of hydrogen-bond donors (Lipinski definition) is 1. The van der Waals surface area contributed by atoms with Crippen LogP contribution in [0.5, 0.6) is 5.75 Å². The second-order valence-electron chi connectivity index (χ2n) is 7.86. The number of nitrogens with zero attached hydrogens (tertiary/aromatic N) is 2. The van der Waals surface area contributed by atoms with Gasteiger partial charge in [-0.15, -0.1) is 0 Å². The van der Waals surface area contributed by atoms with Crippen LogP contribution in [0.1, 0.15) is 30.0 Å². The van der Waals surface area contributed by atoms with Crippen molar-refractivity contribution in [1.29, 1.82) is 0 Å². The number of fused-ring (bicyclic) bond motifs is 1. The first-order valence-electron chi connectivity index (χ1n) is 10.7. The summed E-state index contributed by atoms with van der Waals surface area (Å²) in [5.41, 5.74) is 3.55. The van der Waals surface area contributed by atoms with Crippen LogP contribution in [0.25, 0.3) is 0 Å².